The van der Waals surface area contributed by atoms with Gasteiger partial charge in [-0.05, 0) is 43.1 Å². The average molecular weight is 206 g/mol. The zero-order chi connectivity index (χ0) is 11.3. The fourth-order valence-electron chi connectivity index (χ4n) is 4.11. The van der Waals surface area contributed by atoms with Crippen molar-refractivity contribution < 1.29 is 4.79 Å². The molecular formula is C14H22O. The maximum Gasteiger partial charge on any atom is 0.159 e. The molecule has 0 radical (unpaired) electrons. The van der Waals surface area contributed by atoms with Gasteiger partial charge in [0.2, 0.25) is 0 Å². The van der Waals surface area contributed by atoms with E-state index in [1.54, 1.807) is 0 Å². The minimum atomic E-state index is 0.196. The summed E-state index contributed by atoms with van der Waals surface area (Å²) in [6, 6.07) is 0. The average Bonchev–Trinajstić information content (AvgIpc) is 1.97. The van der Waals surface area contributed by atoms with Crippen molar-refractivity contribution in [2.45, 2.75) is 53.4 Å². The Morgan fingerprint density at radius 2 is 1.93 bits per heavy atom. The summed E-state index contributed by atoms with van der Waals surface area (Å²) in [5, 5.41) is 0. The van der Waals surface area contributed by atoms with E-state index in [-0.39, 0.29) is 16.7 Å². The van der Waals surface area contributed by atoms with Crippen molar-refractivity contribution in [3.63, 3.8) is 0 Å². The van der Waals surface area contributed by atoms with E-state index < -0.39 is 0 Å². The second kappa shape index (κ2) is 3.20. The van der Waals surface area contributed by atoms with Crippen molar-refractivity contribution >= 4 is 5.78 Å². The molecule has 0 unspecified atom stereocenters. The lowest BCUT2D eigenvalue weighted by Crippen LogP contribution is -2.48. The molecule has 0 saturated heterocycles. The van der Waals surface area contributed by atoms with Gasteiger partial charge < -0.3 is 0 Å². The van der Waals surface area contributed by atoms with Crippen LogP contribution in [0, 0.1) is 16.7 Å². The molecule has 2 atom stereocenters. The van der Waals surface area contributed by atoms with Crippen molar-refractivity contribution in [1.29, 1.82) is 0 Å². The van der Waals surface area contributed by atoms with Crippen molar-refractivity contribution in [2.75, 3.05) is 0 Å². The third-order valence-corrected chi connectivity index (χ3v) is 4.40. The van der Waals surface area contributed by atoms with E-state index in [9.17, 15) is 4.79 Å². The van der Waals surface area contributed by atoms with Gasteiger partial charge in [-0.2, -0.15) is 0 Å². The van der Waals surface area contributed by atoms with Crippen molar-refractivity contribution in [3.05, 3.63) is 11.6 Å². The van der Waals surface area contributed by atoms with Gasteiger partial charge in [0.25, 0.3) is 0 Å². The molecule has 1 nitrogen and oxygen atoms in total. The standard InChI is InChI=1S/C14H22O/c1-10-8-11(15)12-13(2,3)6-5-7-14(12,4)9-10/h8,12H,5-7,9H2,1-4H3/t12-,14-/m1/s1. The Hall–Kier alpha value is -0.590. The zero-order valence-corrected chi connectivity index (χ0v) is 10.4. The summed E-state index contributed by atoms with van der Waals surface area (Å²) in [4.78, 5) is 12.2. The van der Waals surface area contributed by atoms with Gasteiger partial charge in [-0.3, -0.25) is 4.79 Å². The molecule has 0 amide bonds. The molecule has 0 aromatic rings. The molecule has 2 rings (SSSR count). The van der Waals surface area contributed by atoms with Crippen LogP contribution in [0.4, 0.5) is 0 Å². The van der Waals surface area contributed by atoms with Crippen molar-refractivity contribution in [2.24, 2.45) is 16.7 Å². The summed E-state index contributed by atoms with van der Waals surface area (Å²) in [6.45, 7) is 8.94. The molecule has 0 N–H and O–H groups in total. The summed E-state index contributed by atoms with van der Waals surface area (Å²) in [7, 11) is 0. The Morgan fingerprint density at radius 1 is 1.27 bits per heavy atom. The molecule has 84 valence electrons. The summed E-state index contributed by atoms with van der Waals surface area (Å²) in [6.07, 6.45) is 6.71. The first-order valence-electron chi connectivity index (χ1n) is 6.06. The summed E-state index contributed by atoms with van der Waals surface area (Å²) < 4.78 is 0. The summed E-state index contributed by atoms with van der Waals surface area (Å²) in [5.74, 6) is 0.633. The molecule has 1 heteroatoms. The van der Waals surface area contributed by atoms with Gasteiger partial charge in [0.1, 0.15) is 0 Å². The fourth-order valence-corrected chi connectivity index (χ4v) is 4.11. The molecule has 0 heterocycles. The van der Waals surface area contributed by atoms with Crippen LogP contribution in [0.1, 0.15) is 53.4 Å². The highest BCUT2D eigenvalue weighted by molar-refractivity contribution is 5.94. The van der Waals surface area contributed by atoms with Crippen LogP contribution >= 0.6 is 0 Å². The molecule has 0 bridgehead atoms. The second-order valence-electron chi connectivity index (χ2n) is 6.50. The highest BCUT2D eigenvalue weighted by Crippen LogP contribution is 2.55. The van der Waals surface area contributed by atoms with E-state index in [4.69, 9.17) is 0 Å². The van der Waals surface area contributed by atoms with E-state index in [1.165, 1.54) is 24.8 Å². The van der Waals surface area contributed by atoms with Gasteiger partial charge >= 0.3 is 0 Å². The van der Waals surface area contributed by atoms with E-state index >= 15 is 0 Å². The second-order valence-corrected chi connectivity index (χ2v) is 6.50. The minimum Gasteiger partial charge on any atom is -0.295 e. The van der Waals surface area contributed by atoms with E-state index in [1.807, 2.05) is 6.08 Å². The van der Waals surface area contributed by atoms with Gasteiger partial charge in [-0.1, -0.05) is 32.8 Å². The number of hydrogen-bond acceptors (Lipinski definition) is 1. The lowest BCUT2D eigenvalue weighted by molar-refractivity contribution is -0.132. The Bertz CT molecular complexity index is 324. The highest BCUT2D eigenvalue weighted by Gasteiger charge is 2.51. The Balaban J connectivity index is 2.43. The normalized spacial score (nSPS) is 39.6. The Labute approximate surface area is 92.9 Å². The van der Waals surface area contributed by atoms with Crippen LogP contribution in [-0.2, 0) is 4.79 Å². The van der Waals surface area contributed by atoms with E-state index in [2.05, 4.69) is 27.7 Å². The van der Waals surface area contributed by atoms with Crippen molar-refractivity contribution in [1.82, 2.24) is 0 Å². The van der Waals surface area contributed by atoms with Gasteiger partial charge in [-0.25, -0.2) is 0 Å². The lowest BCUT2D eigenvalue weighted by atomic mass is 9.52. The molecule has 0 aromatic carbocycles. The predicted molar refractivity (Wildman–Crippen MR) is 62.6 cm³/mol. The number of carbonyl (C=O) groups excluding carboxylic acids is 1. The van der Waals surface area contributed by atoms with Crippen LogP contribution in [0.5, 0.6) is 0 Å². The van der Waals surface area contributed by atoms with Gasteiger partial charge in [0, 0.05) is 5.92 Å². The van der Waals surface area contributed by atoms with Gasteiger partial charge in [-0.15, -0.1) is 0 Å². The largest absolute Gasteiger partial charge is 0.295 e. The van der Waals surface area contributed by atoms with E-state index in [0.717, 1.165) is 6.42 Å². The number of allylic oxidation sites excluding steroid dienone is 2. The topological polar surface area (TPSA) is 17.1 Å². The van der Waals surface area contributed by atoms with Crippen LogP contribution in [0.15, 0.2) is 11.6 Å². The number of carbonyl (C=O) groups is 1. The number of hydrogen-bond donors (Lipinski definition) is 0. The SMILES string of the molecule is CC1=CC(=O)[C@@H]2C(C)(C)CCC[C@]2(C)C1. The van der Waals surface area contributed by atoms with Crippen LogP contribution in [0.3, 0.4) is 0 Å². The van der Waals surface area contributed by atoms with Gasteiger partial charge in [0.15, 0.2) is 5.78 Å². The first-order valence-corrected chi connectivity index (χ1v) is 6.06. The first-order chi connectivity index (χ1) is 6.85. The quantitative estimate of drug-likeness (QED) is 0.590. The maximum atomic E-state index is 12.2. The third-order valence-electron chi connectivity index (χ3n) is 4.40. The lowest BCUT2D eigenvalue weighted by Gasteiger charge is -2.51. The first kappa shape index (κ1) is 10.9. The van der Waals surface area contributed by atoms with Gasteiger partial charge in [0.05, 0.1) is 0 Å². The van der Waals surface area contributed by atoms with E-state index in [0.29, 0.717) is 5.78 Å². The molecule has 2 aliphatic carbocycles. The van der Waals surface area contributed by atoms with Crippen molar-refractivity contribution in [3.8, 4) is 0 Å². The third kappa shape index (κ3) is 1.66. The smallest absolute Gasteiger partial charge is 0.159 e. The number of rotatable bonds is 0. The summed E-state index contributed by atoms with van der Waals surface area (Å²) in [5.41, 5.74) is 1.70. The molecule has 2 aliphatic rings. The molecular weight excluding hydrogens is 184 g/mol. The minimum absolute atomic E-state index is 0.196. The molecule has 15 heavy (non-hydrogen) atoms. The van der Waals surface area contributed by atoms with Crippen LogP contribution < -0.4 is 0 Å². The maximum absolute atomic E-state index is 12.2. The number of ketones is 1. The fraction of sp³-hybridized carbons (Fsp3) is 0.786. The highest BCUT2D eigenvalue weighted by atomic mass is 16.1. The zero-order valence-electron chi connectivity index (χ0n) is 10.4. The molecule has 0 spiro atoms. The Kier molecular flexibility index (Phi) is 2.33. The molecule has 1 saturated carbocycles. The molecule has 0 aromatic heterocycles. The molecule has 0 aliphatic heterocycles. The predicted octanol–water partition coefficient (Wildman–Crippen LogP) is 3.74. The van der Waals surface area contributed by atoms with Crippen LogP contribution in [0.2, 0.25) is 0 Å². The Morgan fingerprint density at radius 3 is 2.60 bits per heavy atom. The van der Waals surface area contributed by atoms with Crippen LogP contribution in [-0.4, -0.2) is 5.78 Å². The molecule has 1 fully saturated rings. The van der Waals surface area contributed by atoms with Crippen LogP contribution in [0.25, 0.3) is 0 Å². The summed E-state index contributed by atoms with van der Waals surface area (Å²) >= 11 is 0. The monoisotopic (exact) mass is 206 g/mol. The number of fused-ring (bicyclic) bond motifs is 1.